The number of rotatable bonds is 9. The molecule has 0 aliphatic carbocycles. The van der Waals surface area contributed by atoms with Crippen molar-refractivity contribution >= 4 is 12.2 Å². The van der Waals surface area contributed by atoms with Crippen LogP contribution in [0, 0.1) is 0 Å². The topological polar surface area (TPSA) is 51.4 Å². The number of aromatic nitrogens is 2. The van der Waals surface area contributed by atoms with Gasteiger partial charge in [0.1, 0.15) is 12.4 Å². The normalized spacial score (nSPS) is 11.8. The predicted octanol–water partition coefficient (Wildman–Crippen LogP) is 4.08. The number of hydrogen-bond donors (Lipinski definition) is 0. The average Bonchev–Trinajstić information content (AvgIpc) is 3.07. The van der Waals surface area contributed by atoms with E-state index in [1.54, 1.807) is 0 Å². The summed E-state index contributed by atoms with van der Waals surface area (Å²) in [6.07, 6.45) is 3.77. The van der Waals surface area contributed by atoms with E-state index in [2.05, 4.69) is 28.9 Å². The van der Waals surface area contributed by atoms with Gasteiger partial charge in [0.25, 0.3) is 5.89 Å². The summed E-state index contributed by atoms with van der Waals surface area (Å²) in [7, 11) is 0. The van der Waals surface area contributed by atoms with Gasteiger partial charge in [0.2, 0.25) is 0 Å². The summed E-state index contributed by atoms with van der Waals surface area (Å²) >= 11 is 0. The third-order valence-corrected chi connectivity index (χ3v) is 3.86. The average molecular weight is 329 g/mol. The molecule has 5 nitrogen and oxygen atoms in total. The number of nitrogens with zero attached hydrogens (tertiary/aromatic N) is 3. The van der Waals surface area contributed by atoms with Gasteiger partial charge in [0, 0.05) is 24.1 Å². The summed E-state index contributed by atoms with van der Waals surface area (Å²) in [6, 6.07) is 7.97. The van der Waals surface area contributed by atoms with Gasteiger partial charge in [-0.25, -0.2) is 0 Å². The molecule has 0 fully saturated rings. The van der Waals surface area contributed by atoms with E-state index in [1.807, 2.05) is 50.3 Å². The monoisotopic (exact) mass is 329 g/mol. The van der Waals surface area contributed by atoms with Crippen LogP contribution in [-0.2, 0) is 0 Å². The van der Waals surface area contributed by atoms with Gasteiger partial charge in [-0.05, 0) is 25.2 Å². The minimum absolute atomic E-state index is 0.256. The lowest BCUT2D eigenvalue weighted by molar-refractivity contribution is 0.222. The molecule has 1 aromatic carbocycles. The zero-order valence-corrected chi connectivity index (χ0v) is 15.0. The van der Waals surface area contributed by atoms with Crippen LogP contribution >= 0.6 is 0 Å². The Labute approximate surface area is 144 Å². The summed E-state index contributed by atoms with van der Waals surface area (Å²) in [5, 5.41) is 3.96. The molecule has 0 spiro atoms. The molecule has 2 rings (SSSR count). The lowest BCUT2D eigenvalue weighted by Crippen LogP contribution is -2.27. The third-order valence-electron chi connectivity index (χ3n) is 3.86. The van der Waals surface area contributed by atoms with E-state index in [1.165, 1.54) is 0 Å². The predicted molar refractivity (Wildman–Crippen MR) is 97.0 cm³/mol. The number of para-hydroxylation sites is 1. The van der Waals surface area contributed by atoms with Crippen molar-refractivity contribution in [1.29, 1.82) is 0 Å². The molecule has 0 saturated carbocycles. The van der Waals surface area contributed by atoms with Crippen LogP contribution in [0.15, 0.2) is 28.8 Å². The van der Waals surface area contributed by atoms with Crippen molar-refractivity contribution in [2.24, 2.45) is 0 Å². The van der Waals surface area contributed by atoms with Crippen LogP contribution in [0.5, 0.6) is 5.75 Å². The number of hydrogen-bond acceptors (Lipinski definition) is 5. The van der Waals surface area contributed by atoms with Gasteiger partial charge < -0.3 is 14.2 Å². The molecule has 0 saturated heterocycles. The highest BCUT2D eigenvalue weighted by Gasteiger charge is 2.08. The fourth-order valence-corrected chi connectivity index (χ4v) is 2.28. The second kappa shape index (κ2) is 9.23. The Kier molecular flexibility index (Phi) is 7.00. The molecular weight excluding hydrogens is 302 g/mol. The van der Waals surface area contributed by atoms with Gasteiger partial charge >= 0.3 is 0 Å². The van der Waals surface area contributed by atoms with E-state index in [9.17, 15) is 0 Å². The van der Waals surface area contributed by atoms with Gasteiger partial charge in [-0.1, -0.05) is 51.1 Å². The molecule has 1 aromatic heterocycles. The van der Waals surface area contributed by atoms with Gasteiger partial charge in [0.05, 0.1) is 0 Å². The first-order chi connectivity index (χ1) is 11.6. The Morgan fingerprint density at radius 3 is 2.58 bits per heavy atom. The fourth-order valence-electron chi connectivity index (χ4n) is 2.28. The van der Waals surface area contributed by atoms with E-state index < -0.39 is 0 Å². The lowest BCUT2D eigenvalue weighted by Gasteiger charge is -2.18. The summed E-state index contributed by atoms with van der Waals surface area (Å²) in [6.45, 7) is 12.1. The Hall–Kier alpha value is -2.14. The minimum atomic E-state index is 0.256. The Morgan fingerprint density at radius 2 is 1.92 bits per heavy atom. The standard InChI is InChI=1S/C19H27N3O2/c1-5-22(6-2)13-14-23-17-10-8-7-9-16(17)11-12-18-20-19(15(3)4)21-24-18/h7-12,15H,5-6,13-14H2,1-4H3. The van der Waals surface area contributed by atoms with Crippen molar-refractivity contribution < 1.29 is 9.26 Å². The molecule has 24 heavy (non-hydrogen) atoms. The maximum absolute atomic E-state index is 5.94. The molecule has 0 atom stereocenters. The quantitative estimate of drug-likeness (QED) is 0.694. The third kappa shape index (κ3) is 5.20. The maximum atomic E-state index is 5.94. The van der Waals surface area contributed by atoms with E-state index in [0.717, 1.165) is 36.8 Å². The second-order valence-corrected chi connectivity index (χ2v) is 5.89. The highest BCUT2D eigenvalue weighted by atomic mass is 16.5. The molecule has 0 radical (unpaired) electrons. The maximum Gasteiger partial charge on any atom is 0.250 e. The Balaban J connectivity index is 2.01. The Morgan fingerprint density at radius 1 is 1.17 bits per heavy atom. The molecule has 0 aliphatic heterocycles. The van der Waals surface area contributed by atoms with Crippen LogP contribution < -0.4 is 4.74 Å². The lowest BCUT2D eigenvalue weighted by atomic mass is 10.2. The summed E-state index contributed by atoms with van der Waals surface area (Å²) < 4.78 is 11.2. The zero-order chi connectivity index (χ0) is 17.4. The van der Waals surface area contributed by atoms with Crippen LogP contribution in [-0.4, -0.2) is 41.3 Å². The van der Waals surface area contributed by atoms with Crippen LogP contribution in [0.25, 0.3) is 12.2 Å². The van der Waals surface area contributed by atoms with Crippen molar-refractivity contribution in [3.8, 4) is 5.75 Å². The zero-order valence-electron chi connectivity index (χ0n) is 15.0. The van der Waals surface area contributed by atoms with Crippen molar-refractivity contribution in [3.05, 3.63) is 41.5 Å². The molecule has 0 unspecified atom stereocenters. The van der Waals surface area contributed by atoms with Gasteiger partial charge in [-0.15, -0.1) is 0 Å². The van der Waals surface area contributed by atoms with E-state index in [4.69, 9.17) is 9.26 Å². The summed E-state index contributed by atoms with van der Waals surface area (Å²) in [5.74, 6) is 2.35. The SMILES string of the molecule is CCN(CC)CCOc1ccccc1C=Cc1nc(C(C)C)no1. The van der Waals surface area contributed by atoms with Crippen LogP contribution in [0.3, 0.4) is 0 Å². The molecule has 0 aliphatic rings. The van der Waals surface area contributed by atoms with Crippen molar-refractivity contribution in [2.45, 2.75) is 33.6 Å². The number of ether oxygens (including phenoxy) is 1. The van der Waals surface area contributed by atoms with Crippen LogP contribution in [0.4, 0.5) is 0 Å². The van der Waals surface area contributed by atoms with Gasteiger partial charge in [-0.3, -0.25) is 0 Å². The largest absolute Gasteiger partial charge is 0.492 e. The molecule has 0 N–H and O–H groups in total. The molecule has 0 bridgehead atoms. The fraction of sp³-hybridized carbons (Fsp3) is 0.474. The molecule has 1 heterocycles. The number of likely N-dealkylation sites (N-methyl/N-ethyl adjacent to an activating group) is 1. The number of benzene rings is 1. The smallest absolute Gasteiger partial charge is 0.250 e. The van der Waals surface area contributed by atoms with E-state index >= 15 is 0 Å². The minimum Gasteiger partial charge on any atom is -0.492 e. The van der Waals surface area contributed by atoms with Crippen LogP contribution in [0.1, 0.15) is 50.9 Å². The molecule has 5 heteroatoms. The Bertz CT molecular complexity index is 646. The summed E-state index contributed by atoms with van der Waals surface area (Å²) in [5.41, 5.74) is 1.00. The highest BCUT2D eigenvalue weighted by molar-refractivity contribution is 5.69. The molecule has 130 valence electrons. The first-order valence-corrected chi connectivity index (χ1v) is 8.59. The first-order valence-electron chi connectivity index (χ1n) is 8.59. The molecular formula is C19H27N3O2. The van der Waals surface area contributed by atoms with Crippen molar-refractivity contribution in [2.75, 3.05) is 26.2 Å². The second-order valence-electron chi connectivity index (χ2n) is 5.89. The highest BCUT2D eigenvalue weighted by Crippen LogP contribution is 2.21. The summed E-state index contributed by atoms with van der Waals surface area (Å²) in [4.78, 5) is 6.69. The van der Waals surface area contributed by atoms with Crippen molar-refractivity contribution in [1.82, 2.24) is 15.0 Å². The van der Waals surface area contributed by atoms with E-state index in [-0.39, 0.29) is 5.92 Å². The molecule has 0 amide bonds. The first kappa shape index (κ1) is 18.2. The van der Waals surface area contributed by atoms with Crippen molar-refractivity contribution in [3.63, 3.8) is 0 Å². The van der Waals surface area contributed by atoms with Gasteiger partial charge in [0.15, 0.2) is 5.82 Å². The van der Waals surface area contributed by atoms with Gasteiger partial charge in [-0.2, -0.15) is 4.98 Å². The molecule has 2 aromatic rings. The van der Waals surface area contributed by atoms with E-state index in [0.29, 0.717) is 12.5 Å². The van der Waals surface area contributed by atoms with Crippen LogP contribution in [0.2, 0.25) is 0 Å².